The van der Waals surface area contributed by atoms with Crippen molar-refractivity contribution in [2.45, 2.75) is 50.7 Å². The molecule has 6 rings (SSSR count). The van der Waals surface area contributed by atoms with Crippen LogP contribution >= 0.6 is 0 Å². The fraction of sp³-hybridized carbons (Fsp3) is 0.256. The monoisotopic (exact) mass is 796 g/mol. The van der Waals surface area contributed by atoms with Crippen LogP contribution in [0.1, 0.15) is 53.4 Å². The SMILES string of the molecule is CC(C)NCc1cccc(C2(c3ccc(OC(F)F)cc3)N=C(N)N(C)C2=O)c1.CN1C(=O)C(c2ccc(OC(F)F)cc2)(c2cccc(C=O)c2)N=C1N.[B].[H-].[Na+]. The minimum absolute atomic E-state index is 0. The van der Waals surface area contributed by atoms with Crippen molar-refractivity contribution < 1.29 is 72.4 Å². The summed E-state index contributed by atoms with van der Waals surface area (Å²) in [6.07, 6.45) is 0.660. The van der Waals surface area contributed by atoms with Gasteiger partial charge in [-0.05, 0) is 58.1 Å². The molecular formula is C39H40BF4N7NaO5. The maximum atomic E-state index is 13.2. The molecule has 4 aromatic rings. The second kappa shape index (κ2) is 19.3. The minimum atomic E-state index is -2.95. The van der Waals surface area contributed by atoms with Crippen molar-refractivity contribution in [1.29, 1.82) is 0 Å². The van der Waals surface area contributed by atoms with Gasteiger partial charge >= 0.3 is 42.8 Å². The van der Waals surface area contributed by atoms with E-state index < -0.39 is 30.2 Å². The molecule has 18 heteroatoms. The summed E-state index contributed by atoms with van der Waals surface area (Å²) < 4.78 is 58.4. The molecule has 293 valence electrons. The number of nitrogens with one attached hydrogen (secondary N) is 1. The van der Waals surface area contributed by atoms with E-state index in [1.807, 2.05) is 24.3 Å². The van der Waals surface area contributed by atoms with Crippen LogP contribution in [0.4, 0.5) is 17.6 Å². The van der Waals surface area contributed by atoms with E-state index in [0.717, 1.165) is 5.56 Å². The molecule has 0 bridgehead atoms. The Labute approximate surface area is 352 Å². The maximum Gasteiger partial charge on any atom is 1.00 e. The zero-order valence-corrected chi connectivity index (χ0v) is 33.8. The van der Waals surface area contributed by atoms with Crippen LogP contribution in [0, 0.1) is 0 Å². The van der Waals surface area contributed by atoms with Gasteiger partial charge in [-0.2, -0.15) is 17.6 Å². The van der Waals surface area contributed by atoms with Crippen LogP contribution in [0.5, 0.6) is 11.5 Å². The number of aliphatic imine (C=N–C) groups is 2. The zero-order valence-electron chi connectivity index (χ0n) is 32.8. The number of amides is 2. The summed E-state index contributed by atoms with van der Waals surface area (Å²) in [5, 5.41) is 3.34. The van der Waals surface area contributed by atoms with Gasteiger partial charge in [0, 0.05) is 40.7 Å². The molecule has 2 atom stereocenters. The second-order valence-electron chi connectivity index (χ2n) is 12.9. The Balaban J connectivity index is 0.000000382. The van der Waals surface area contributed by atoms with E-state index in [1.165, 1.54) is 53.2 Å². The van der Waals surface area contributed by atoms with Crippen LogP contribution in [-0.4, -0.2) is 81.6 Å². The number of ether oxygens (including phenoxy) is 2. The quantitative estimate of drug-likeness (QED) is 0.111. The summed E-state index contributed by atoms with van der Waals surface area (Å²) >= 11 is 0. The Morgan fingerprint density at radius 3 is 1.51 bits per heavy atom. The molecule has 0 fully saturated rings. The minimum Gasteiger partial charge on any atom is -1.00 e. The number of alkyl halides is 4. The third-order valence-corrected chi connectivity index (χ3v) is 8.97. The molecule has 5 N–H and O–H groups in total. The Bertz CT molecular complexity index is 2120. The maximum absolute atomic E-state index is 13.2. The molecule has 57 heavy (non-hydrogen) atoms. The van der Waals surface area contributed by atoms with Gasteiger partial charge in [-0.3, -0.25) is 24.2 Å². The Kier molecular flexibility index (Phi) is 15.6. The molecule has 0 aliphatic carbocycles. The normalized spacial score (nSPS) is 18.7. The number of carbonyl (C=O) groups excluding carboxylic acids is 3. The summed E-state index contributed by atoms with van der Waals surface area (Å²) in [4.78, 5) is 48.7. The largest absolute Gasteiger partial charge is 1.00 e. The summed E-state index contributed by atoms with van der Waals surface area (Å²) in [6.45, 7) is -1.14. The molecule has 2 heterocycles. The first-order valence-electron chi connectivity index (χ1n) is 16.9. The fourth-order valence-corrected chi connectivity index (χ4v) is 6.19. The number of hydrogen-bond acceptors (Lipinski definition) is 10. The third-order valence-electron chi connectivity index (χ3n) is 8.97. The molecule has 0 saturated heterocycles. The molecule has 2 aliphatic rings. The van der Waals surface area contributed by atoms with Crippen LogP contribution in [0.3, 0.4) is 0 Å². The van der Waals surface area contributed by atoms with Crippen molar-refractivity contribution in [2.24, 2.45) is 21.5 Å². The number of nitrogens with two attached hydrogens (primary N) is 2. The number of nitrogens with zero attached hydrogens (tertiary/aromatic N) is 4. The van der Waals surface area contributed by atoms with E-state index in [-0.39, 0.29) is 68.7 Å². The number of likely N-dealkylation sites (N-methyl/N-ethyl adjacent to an activating group) is 2. The van der Waals surface area contributed by atoms with E-state index >= 15 is 0 Å². The van der Waals surface area contributed by atoms with E-state index in [2.05, 4.69) is 38.6 Å². The van der Waals surface area contributed by atoms with Gasteiger partial charge in [-0.1, -0.05) is 80.6 Å². The molecule has 4 aromatic carbocycles. The number of carbonyl (C=O) groups is 3. The molecule has 2 amide bonds. The van der Waals surface area contributed by atoms with Gasteiger partial charge in [0.1, 0.15) is 17.8 Å². The van der Waals surface area contributed by atoms with Crippen molar-refractivity contribution in [3.8, 4) is 11.5 Å². The van der Waals surface area contributed by atoms with E-state index in [1.54, 1.807) is 43.4 Å². The number of aldehydes is 1. The molecule has 3 radical (unpaired) electrons. The summed E-state index contributed by atoms with van der Waals surface area (Å²) in [6, 6.07) is 25.8. The predicted octanol–water partition coefficient (Wildman–Crippen LogP) is 1.68. The van der Waals surface area contributed by atoms with Crippen LogP contribution in [0.15, 0.2) is 107 Å². The summed E-state index contributed by atoms with van der Waals surface area (Å²) in [7, 11) is 3.04. The number of hydrogen-bond donors (Lipinski definition) is 3. The van der Waals surface area contributed by atoms with E-state index in [0.29, 0.717) is 46.7 Å². The van der Waals surface area contributed by atoms with Crippen molar-refractivity contribution in [1.82, 2.24) is 15.1 Å². The number of guanidine groups is 2. The van der Waals surface area contributed by atoms with E-state index in [4.69, 9.17) is 11.5 Å². The van der Waals surface area contributed by atoms with Crippen LogP contribution in [-0.2, 0) is 27.2 Å². The smallest absolute Gasteiger partial charge is 1.00 e. The molecular weight excluding hydrogens is 756 g/mol. The van der Waals surface area contributed by atoms with Crippen molar-refractivity contribution in [2.75, 3.05) is 14.1 Å². The van der Waals surface area contributed by atoms with Crippen molar-refractivity contribution in [3.63, 3.8) is 0 Å². The van der Waals surface area contributed by atoms with Crippen molar-refractivity contribution in [3.05, 3.63) is 130 Å². The number of halogens is 4. The average Bonchev–Trinajstić information content (AvgIpc) is 3.54. The van der Waals surface area contributed by atoms with Gasteiger partial charge in [-0.15, -0.1) is 0 Å². The Morgan fingerprint density at radius 2 is 1.14 bits per heavy atom. The summed E-state index contributed by atoms with van der Waals surface area (Å²) in [5.74, 6) is -0.666. The van der Waals surface area contributed by atoms with Gasteiger partial charge in [0.25, 0.3) is 11.8 Å². The first-order valence-corrected chi connectivity index (χ1v) is 16.9. The molecule has 2 aliphatic heterocycles. The van der Waals surface area contributed by atoms with Gasteiger partial charge in [0.15, 0.2) is 23.0 Å². The standard InChI is InChI=1S/C21H24F2N4O2.C18H15F2N3O3.B.Na.H/c1-13(2)25-12-14-5-4-6-16(11-14)21(18(28)27(3)20(24)26-21)15-7-9-17(10-8-15)29-19(22)23;1-23-15(25)18(22-17(23)21,13-4-2-3-11(9-13)10-24)12-5-7-14(8-6-12)26-16(19)20;;;/h4-11,13,19,25H,12H2,1-3H3,(H2,24,26);2-10,16H,1H3,(H2,21,22);;;/q;;;+1;-1. The van der Waals surface area contributed by atoms with Crippen LogP contribution in [0.25, 0.3) is 0 Å². The Hall–Kier alpha value is -5.23. The number of benzene rings is 4. The van der Waals surface area contributed by atoms with E-state index in [9.17, 15) is 31.9 Å². The molecule has 0 aromatic heterocycles. The molecule has 12 nitrogen and oxygen atoms in total. The first kappa shape index (κ1) is 46.2. The third kappa shape index (κ3) is 9.67. The fourth-order valence-electron chi connectivity index (χ4n) is 6.19. The van der Waals surface area contributed by atoms with Gasteiger partial charge in [-0.25, -0.2) is 9.98 Å². The predicted molar refractivity (Wildman–Crippen MR) is 204 cm³/mol. The second-order valence-corrected chi connectivity index (χ2v) is 12.9. The zero-order chi connectivity index (χ0) is 40.1. The summed E-state index contributed by atoms with van der Waals surface area (Å²) in [5.41, 5.74) is 12.3. The number of rotatable bonds is 12. The van der Waals surface area contributed by atoms with Gasteiger partial charge < -0.3 is 27.7 Å². The van der Waals surface area contributed by atoms with Crippen LogP contribution < -0.4 is 55.8 Å². The van der Waals surface area contributed by atoms with Gasteiger partial charge in [0.05, 0.1) is 0 Å². The Morgan fingerprint density at radius 1 is 0.719 bits per heavy atom. The first-order chi connectivity index (χ1) is 26.1. The average molecular weight is 797 g/mol. The van der Waals surface area contributed by atoms with Crippen molar-refractivity contribution >= 4 is 38.4 Å². The molecule has 2 unspecified atom stereocenters. The molecule has 0 spiro atoms. The van der Waals surface area contributed by atoms with Gasteiger partial charge in [0.2, 0.25) is 0 Å². The van der Waals surface area contributed by atoms with Crippen LogP contribution in [0.2, 0.25) is 0 Å². The molecule has 0 saturated carbocycles. The topological polar surface area (TPSA) is 165 Å².